The van der Waals surface area contributed by atoms with E-state index in [1.807, 2.05) is 78.9 Å². The third-order valence-electron chi connectivity index (χ3n) is 10.4. The minimum absolute atomic E-state index is 0.0116. The Hall–Kier alpha value is -5.20. The van der Waals surface area contributed by atoms with Crippen molar-refractivity contribution >= 4 is 26.2 Å². The van der Waals surface area contributed by atoms with Gasteiger partial charge in [0.25, 0.3) is 8.53 Å². The third-order valence-corrected chi connectivity index (χ3v) is 12.5. The fourth-order valence-electron chi connectivity index (χ4n) is 7.73. The van der Waals surface area contributed by atoms with Gasteiger partial charge in [0.15, 0.2) is 0 Å². The first-order chi connectivity index (χ1) is 29.8. The summed E-state index contributed by atoms with van der Waals surface area (Å²) in [7, 11) is 1.41. The summed E-state index contributed by atoms with van der Waals surface area (Å²) in [6, 6.07) is 28.9. The highest BCUT2D eigenvalue weighted by atomic mass is 31.2. The molecule has 2 heterocycles. The molecule has 1 aliphatic rings. The Balaban J connectivity index is 1.69. The highest BCUT2D eigenvalue weighted by Gasteiger charge is 2.50. The number of benzene rings is 3. The monoisotopic (exact) mass is 871 g/mol. The van der Waals surface area contributed by atoms with Gasteiger partial charge in [0, 0.05) is 38.0 Å². The zero-order valence-electron chi connectivity index (χ0n) is 36.7. The highest BCUT2D eigenvalue weighted by molar-refractivity contribution is 7.44. The normalized spacial score (nSPS) is 18.1. The zero-order chi connectivity index (χ0) is 44.8. The van der Waals surface area contributed by atoms with Crippen LogP contribution in [0, 0.1) is 17.2 Å². The Kier molecular flexibility index (Phi) is 17.6. The van der Waals surface area contributed by atoms with Crippen molar-refractivity contribution in [1.29, 1.82) is 5.26 Å². The number of anilines is 1. The zero-order valence-corrected chi connectivity index (χ0v) is 37.6. The molecular weight excluding hydrogens is 814 g/mol. The lowest BCUT2D eigenvalue weighted by Crippen LogP contribution is -2.41. The van der Waals surface area contributed by atoms with E-state index in [1.165, 1.54) is 30.7 Å². The molecule has 4 aromatic rings. The molecule has 5 atom stereocenters. The van der Waals surface area contributed by atoms with E-state index < -0.39 is 50.1 Å². The van der Waals surface area contributed by atoms with Gasteiger partial charge in [-0.3, -0.25) is 14.2 Å². The van der Waals surface area contributed by atoms with Crippen LogP contribution in [0.4, 0.5) is 5.82 Å². The molecule has 5 rings (SSSR count). The Morgan fingerprint density at radius 2 is 1.50 bits per heavy atom. The number of aromatic nitrogens is 2. The number of carbonyl (C=O) groups excluding carboxylic acids is 2. The van der Waals surface area contributed by atoms with Crippen LogP contribution in [0.3, 0.4) is 0 Å². The molecule has 1 N–H and O–H groups in total. The molecule has 0 aliphatic carbocycles. The lowest BCUT2D eigenvalue weighted by Gasteiger charge is -2.39. The van der Waals surface area contributed by atoms with Crippen LogP contribution >= 0.6 is 8.53 Å². The smallest absolute Gasteiger partial charge is 0.351 e. The van der Waals surface area contributed by atoms with E-state index >= 15 is 0 Å². The van der Waals surface area contributed by atoms with Crippen molar-refractivity contribution in [2.24, 2.45) is 5.92 Å². The standard InChI is InChI=1S/C46H58N5O10P/c1-31(2)51(32(3)4)62(59-29-13-26-47)61-43-40(16-12-28-57-34(6)53)44(50-27-25-42(48-33(5)52)49-45(50)54)60-41(43)30-58-46(35-14-10-9-11-15-35,36-17-21-38(55-7)22-18-36)37-19-23-39(56-8)24-20-37/h9-11,14-15,17-25,27,31-32,40-41,43-44H,12-13,16,28-30H2,1-8H3,(H,48,49,52,54)/t40-,41-,43+,44-,62?/m1/s1. The van der Waals surface area contributed by atoms with E-state index in [0.29, 0.717) is 24.3 Å². The number of ether oxygens (including phenoxy) is 5. The Morgan fingerprint density at radius 1 is 0.903 bits per heavy atom. The first-order valence-electron chi connectivity index (χ1n) is 20.7. The molecule has 62 heavy (non-hydrogen) atoms. The van der Waals surface area contributed by atoms with Crippen molar-refractivity contribution in [3.63, 3.8) is 0 Å². The average molecular weight is 872 g/mol. The molecule has 0 spiro atoms. The lowest BCUT2D eigenvalue weighted by atomic mass is 9.80. The summed E-state index contributed by atoms with van der Waals surface area (Å²) in [5, 5.41) is 12.1. The van der Waals surface area contributed by atoms with Crippen molar-refractivity contribution in [2.75, 3.05) is 39.4 Å². The number of hydrogen-bond donors (Lipinski definition) is 1. The van der Waals surface area contributed by atoms with E-state index in [1.54, 1.807) is 14.2 Å². The minimum Gasteiger partial charge on any atom is -0.497 e. The van der Waals surface area contributed by atoms with E-state index in [2.05, 4.69) is 48.7 Å². The van der Waals surface area contributed by atoms with Gasteiger partial charge in [0.1, 0.15) is 41.4 Å². The summed E-state index contributed by atoms with van der Waals surface area (Å²) in [5.41, 5.74) is 0.579. The molecule has 1 unspecified atom stereocenters. The van der Waals surface area contributed by atoms with Gasteiger partial charge in [-0.15, -0.1) is 0 Å². The third kappa shape index (κ3) is 11.8. The second-order valence-electron chi connectivity index (χ2n) is 15.3. The lowest BCUT2D eigenvalue weighted by molar-refractivity contribution is -0.141. The molecular formula is C46H58N5O10P. The molecule has 332 valence electrons. The molecule has 16 heteroatoms. The quantitative estimate of drug-likeness (QED) is 0.0352. The van der Waals surface area contributed by atoms with Crippen LogP contribution < -0.4 is 20.5 Å². The molecule has 0 saturated carbocycles. The molecule has 1 aromatic heterocycles. The Bertz CT molecular complexity index is 2090. The number of nitrogens with zero attached hydrogens (tertiary/aromatic N) is 4. The van der Waals surface area contributed by atoms with Crippen LogP contribution in [-0.4, -0.2) is 84.4 Å². The van der Waals surface area contributed by atoms with E-state index in [9.17, 15) is 19.6 Å². The van der Waals surface area contributed by atoms with Gasteiger partial charge in [0.2, 0.25) is 5.91 Å². The maximum atomic E-state index is 13.8. The maximum Gasteiger partial charge on any atom is 0.351 e. The second kappa shape index (κ2) is 22.8. The van der Waals surface area contributed by atoms with Gasteiger partial charge in [-0.1, -0.05) is 54.6 Å². The van der Waals surface area contributed by atoms with Crippen molar-refractivity contribution in [2.45, 2.75) is 96.9 Å². The summed E-state index contributed by atoms with van der Waals surface area (Å²) in [6.45, 7) is 11.1. The van der Waals surface area contributed by atoms with Crippen LogP contribution in [0.25, 0.3) is 0 Å². The highest BCUT2D eigenvalue weighted by Crippen LogP contribution is 2.53. The van der Waals surface area contributed by atoms with Crippen LogP contribution in [0.2, 0.25) is 0 Å². The van der Waals surface area contributed by atoms with Gasteiger partial charge in [-0.2, -0.15) is 10.2 Å². The van der Waals surface area contributed by atoms with Gasteiger partial charge < -0.3 is 38.0 Å². The van der Waals surface area contributed by atoms with Crippen molar-refractivity contribution in [1.82, 2.24) is 14.2 Å². The van der Waals surface area contributed by atoms with E-state index in [0.717, 1.165) is 16.7 Å². The summed E-state index contributed by atoms with van der Waals surface area (Å²) in [4.78, 5) is 41.7. The van der Waals surface area contributed by atoms with Crippen LogP contribution in [0.15, 0.2) is 95.9 Å². The molecule has 1 aliphatic heterocycles. The van der Waals surface area contributed by atoms with Crippen molar-refractivity contribution < 1.29 is 42.3 Å². The predicted molar refractivity (Wildman–Crippen MR) is 234 cm³/mol. The van der Waals surface area contributed by atoms with E-state index in [4.69, 9.17) is 32.7 Å². The fraction of sp³-hybridized carbons (Fsp3) is 0.457. The molecule has 3 aromatic carbocycles. The number of esters is 1. The number of amides is 1. The predicted octanol–water partition coefficient (Wildman–Crippen LogP) is 7.75. The number of nitriles is 1. The summed E-state index contributed by atoms with van der Waals surface area (Å²) in [6.07, 6.45) is -0.0367. The first-order valence-corrected chi connectivity index (χ1v) is 21.8. The van der Waals surface area contributed by atoms with Crippen molar-refractivity contribution in [3.05, 3.63) is 118 Å². The summed E-state index contributed by atoms with van der Waals surface area (Å²) in [5.74, 6) is 0.119. The van der Waals surface area contributed by atoms with Gasteiger partial charge in [-0.05, 0) is 87.6 Å². The van der Waals surface area contributed by atoms with Crippen molar-refractivity contribution in [3.8, 4) is 17.6 Å². The largest absolute Gasteiger partial charge is 0.497 e. The molecule has 15 nitrogen and oxygen atoms in total. The summed E-state index contributed by atoms with van der Waals surface area (Å²) >= 11 is 0. The van der Waals surface area contributed by atoms with Gasteiger partial charge in [-0.25, -0.2) is 9.46 Å². The molecule has 1 fully saturated rings. The van der Waals surface area contributed by atoms with Crippen LogP contribution in [0.5, 0.6) is 11.5 Å². The number of nitrogens with one attached hydrogen (secondary N) is 1. The number of methoxy groups -OCH3 is 2. The minimum atomic E-state index is -1.82. The van der Waals surface area contributed by atoms with Gasteiger partial charge >= 0.3 is 11.7 Å². The molecule has 1 saturated heterocycles. The summed E-state index contributed by atoms with van der Waals surface area (Å²) < 4.78 is 47.9. The van der Waals surface area contributed by atoms with Crippen LogP contribution in [0.1, 0.15) is 83.7 Å². The number of hydrogen-bond acceptors (Lipinski definition) is 13. The average Bonchev–Trinajstić information content (AvgIpc) is 3.58. The maximum absolute atomic E-state index is 13.8. The number of rotatable bonds is 22. The Labute approximate surface area is 365 Å². The van der Waals surface area contributed by atoms with E-state index in [-0.39, 0.29) is 50.1 Å². The second-order valence-corrected chi connectivity index (χ2v) is 16.7. The molecule has 0 radical (unpaired) electrons. The number of carbonyl (C=O) groups is 2. The molecule has 1 amide bonds. The molecule has 0 bridgehead atoms. The SMILES string of the molecule is COc1ccc(C(OC[C@H]2O[C@@H](n3ccc(NC(C)=O)nc3=O)[C@H](CCCOC(C)=O)[C@@H]2OP(OCCC#N)N(C(C)C)C(C)C)(c2ccccc2)c2ccc(OC)cc2)cc1. The fourth-order valence-corrected chi connectivity index (χ4v) is 9.53. The topological polar surface area (TPSA) is 173 Å². The van der Waals surface area contributed by atoms with Crippen LogP contribution in [-0.2, 0) is 38.4 Å². The first kappa shape index (κ1) is 47.8. The Morgan fingerprint density at radius 3 is 2.02 bits per heavy atom. The van der Waals surface area contributed by atoms with Gasteiger partial charge in [0.05, 0.1) is 46.5 Å².